The normalized spacial score (nSPS) is 37.0. The van der Waals surface area contributed by atoms with Crippen molar-refractivity contribution in [1.82, 2.24) is 5.32 Å². The molecule has 0 radical (unpaired) electrons. The summed E-state index contributed by atoms with van der Waals surface area (Å²) in [7, 11) is 0. The molecule has 0 aromatic rings. The number of hydrogen-bond donors (Lipinski definition) is 2. The van der Waals surface area contributed by atoms with Crippen molar-refractivity contribution in [3.05, 3.63) is 0 Å². The predicted molar refractivity (Wildman–Crippen MR) is 63.4 cm³/mol. The molecule has 0 heterocycles. The van der Waals surface area contributed by atoms with Gasteiger partial charge in [0.2, 0.25) is 5.91 Å². The number of carbonyl (C=O) groups is 2. The van der Waals surface area contributed by atoms with Gasteiger partial charge >= 0.3 is 5.97 Å². The first kappa shape index (κ1) is 12.4. The lowest BCUT2D eigenvalue weighted by Crippen LogP contribution is -2.46. The van der Waals surface area contributed by atoms with Crippen molar-refractivity contribution in [2.75, 3.05) is 0 Å². The second kappa shape index (κ2) is 5.07. The molecule has 17 heavy (non-hydrogen) atoms. The van der Waals surface area contributed by atoms with Gasteiger partial charge in [-0.1, -0.05) is 6.92 Å². The largest absolute Gasteiger partial charge is 0.481 e. The summed E-state index contributed by atoms with van der Waals surface area (Å²) in [6.45, 7) is 2.20. The summed E-state index contributed by atoms with van der Waals surface area (Å²) in [4.78, 5) is 22.7. The minimum absolute atomic E-state index is 0.0431. The van der Waals surface area contributed by atoms with Crippen molar-refractivity contribution in [3.8, 4) is 0 Å². The molecule has 0 spiro atoms. The summed E-state index contributed by atoms with van der Waals surface area (Å²) in [6.07, 6.45) is 4.94. The first-order chi connectivity index (χ1) is 8.06. The summed E-state index contributed by atoms with van der Waals surface area (Å²) < 4.78 is 0. The highest BCUT2D eigenvalue weighted by atomic mass is 16.4. The van der Waals surface area contributed by atoms with Crippen molar-refractivity contribution >= 4 is 11.9 Å². The third kappa shape index (κ3) is 2.99. The number of carboxylic acids is 1. The van der Waals surface area contributed by atoms with Crippen LogP contribution in [0, 0.1) is 17.8 Å². The standard InChI is InChI=1S/C13H21NO3/c1-8-6-11(7-8)14-12(15)9-2-4-10(5-3-9)13(16)17/h8-11H,2-7H2,1H3,(H,14,15)(H,16,17). The fourth-order valence-corrected chi connectivity index (χ4v) is 2.94. The summed E-state index contributed by atoms with van der Waals surface area (Å²) in [6, 6.07) is 0.370. The molecule has 2 N–H and O–H groups in total. The molecule has 2 rings (SSSR count). The molecule has 0 atom stereocenters. The molecule has 4 nitrogen and oxygen atoms in total. The zero-order valence-corrected chi connectivity index (χ0v) is 10.3. The van der Waals surface area contributed by atoms with Gasteiger partial charge in [0.15, 0.2) is 0 Å². The highest BCUT2D eigenvalue weighted by molar-refractivity contribution is 5.79. The predicted octanol–water partition coefficient (Wildman–Crippen LogP) is 1.79. The average molecular weight is 239 g/mol. The number of rotatable bonds is 3. The molecule has 0 aromatic carbocycles. The summed E-state index contributed by atoms with van der Waals surface area (Å²) in [5.41, 5.74) is 0. The molecule has 2 fully saturated rings. The van der Waals surface area contributed by atoms with E-state index in [1.165, 1.54) is 0 Å². The second-order valence-corrected chi connectivity index (χ2v) is 5.67. The molecule has 0 unspecified atom stereocenters. The van der Waals surface area contributed by atoms with E-state index < -0.39 is 5.97 Å². The molecular weight excluding hydrogens is 218 g/mol. The van der Waals surface area contributed by atoms with Gasteiger partial charge in [-0.25, -0.2) is 0 Å². The van der Waals surface area contributed by atoms with Crippen LogP contribution in [0.25, 0.3) is 0 Å². The number of aliphatic carboxylic acids is 1. The fourth-order valence-electron chi connectivity index (χ4n) is 2.94. The Kier molecular flexibility index (Phi) is 3.69. The van der Waals surface area contributed by atoms with E-state index in [4.69, 9.17) is 5.11 Å². The maximum absolute atomic E-state index is 11.9. The van der Waals surface area contributed by atoms with Crippen molar-refractivity contribution in [2.45, 2.75) is 51.5 Å². The first-order valence-corrected chi connectivity index (χ1v) is 6.59. The van der Waals surface area contributed by atoms with Crippen LogP contribution in [0.2, 0.25) is 0 Å². The van der Waals surface area contributed by atoms with Gasteiger partial charge in [0, 0.05) is 12.0 Å². The number of carbonyl (C=O) groups excluding carboxylic acids is 1. The van der Waals surface area contributed by atoms with Crippen LogP contribution >= 0.6 is 0 Å². The average Bonchev–Trinajstić information content (AvgIpc) is 2.27. The van der Waals surface area contributed by atoms with Crippen LogP contribution in [-0.2, 0) is 9.59 Å². The molecule has 1 amide bonds. The maximum atomic E-state index is 11.9. The number of hydrogen-bond acceptors (Lipinski definition) is 2. The minimum Gasteiger partial charge on any atom is -0.481 e. The summed E-state index contributed by atoms with van der Waals surface area (Å²) >= 11 is 0. The zero-order valence-electron chi connectivity index (χ0n) is 10.3. The third-order valence-corrected chi connectivity index (χ3v) is 4.17. The van der Waals surface area contributed by atoms with Gasteiger partial charge in [-0.05, 0) is 44.4 Å². The van der Waals surface area contributed by atoms with E-state index >= 15 is 0 Å². The van der Waals surface area contributed by atoms with Crippen LogP contribution in [0.5, 0.6) is 0 Å². The van der Waals surface area contributed by atoms with Gasteiger partial charge in [-0.2, -0.15) is 0 Å². The van der Waals surface area contributed by atoms with E-state index in [2.05, 4.69) is 12.2 Å². The molecule has 96 valence electrons. The Morgan fingerprint density at radius 1 is 1.06 bits per heavy atom. The van der Waals surface area contributed by atoms with Gasteiger partial charge in [-0.15, -0.1) is 0 Å². The smallest absolute Gasteiger partial charge is 0.306 e. The van der Waals surface area contributed by atoms with Crippen LogP contribution in [0.3, 0.4) is 0 Å². The quantitative estimate of drug-likeness (QED) is 0.789. The van der Waals surface area contributed by atoms with E-state index in [1.54, 1.807) is 0 Å². The lowest BCUT2D eigenvalue weighted by atomic mass is 9.79. The van der Waals surface area contributed by atoms with Gasteiger partial charge in [0.1, 0.15) is 0 Å². The second-order valence-electron chi connectivity index (χ2n) is 5.67. The summed E-state index contributed by atoms with van der Waals surface area (Å²) in [5.74, 6) is -0.0188. The fraction of sp³-hybridized carbons (Fsp3) is 0.846. The summed E-state index contributed by atoms with van der Waals surface area (Å²) in [5, 5.41) is 12.0. The SMILES string of the molecule is CC1CC(NC(=O)C2CCC(C(=O)O)CC2)C1. The van der Waals surface area contributed by atoms with Crippen LogP contribution in [0.15, 0.2) is 0 Å². The van der Waals surface area contributed by atoms with Crippen LogP contribution < -0.4 is 5.32 Å². The van der Waals surface area contributed by atoms with E-state index in [9.17, 15) is 9.59 Å². The molecule has 2 aliphatic carbocycles. The zero-order chi connectivity index (χ0) is 12.4. The Morgan fingerprint density at radius 3 is 2.06 bits per heavy atom. The van der Waals surface area contributed by atoms with Crippen LogP contribution in [0.4, 0.5) is 0 Å². The van der Waals surface area contributed by atoms with Gasteiger partial charge in [0.25, 0.3) is 0 Å². The van der Waals surface area contributed by atoms with E-state index in [-0.39, 0.29) is 17.7 Å². The molecule has 0 saturated heterocycles. The third-order valence-electron chi connectivity index (χ3n) is 4.17. The van der Waals surface area contributed by atoms with Gasteiger partial charge in [-0.3, -0.25) is 9.59 Å². The topological polar surface area (TPSA) is 66.4 Å². The Labute approximate surface area is 102 Å². The van der Waals surface area contributed by atoms with Crippen molar-refractivity contribution in [1.29, 1.82) is 0 Å². The van der Waals surface area contributed by atoms with Crippen molar-refractivity contribution in [2.24, 2.45) is 17.8 Å². The molecule has 0 aromatic heterocycles. The Balaban J connectivity index is 1.72. The Bertz CT molecular complexity index is 302. The minimum atomic E-state index is -0.711. The van der Waals surface area contributed by atoms with E-state index in [0.29, 0.717) is 18.9 Å². The molecule has 0 bridgehead atoms. The Morgan fingerprint density at radius 2 is 1.59 bits per heavy atom. The van der Waals surface area contributed by atoms with Crippen LogP contribution in [-0.4, -0.2) is 23.0 Å². The first-order valence-electron chi connectivity index (χ1n) is 6.59. The van der Waals surface area contributed by atoms with Crippen molar-refractivity contribution in [3.63, 3.8) is 0 Å². The van der Waals surface area contributed by atoms with E-state index in [1.807, 2.05) is 0 Å². The maximum Gasteiger partial charge on any atom is 0.306 e. The monoisotopic (exact) mass is 239 g/mol. The van der Waals surface area contributed by atoms with Crippen LogP contribution in [0.1, 0.15) is 45.4 Å². The Hall–Kier alpha value is -1.06. The highest BCUT2D eigenvalue weighted by Gasteiger charge is 2.32. The number of nitrogens with one attached hydrogen (secondary N) is 1. The lowest BCUT2D eigenvalue weighted by Gasteiger charge is -2.35. The van der Waals surface area contributed by atoms with E-state index in [0.717, 1.165) is 31.6 Å². The molecular formula is C13H21NO3. The van der Waals surface area contributed by atoms with Crippen molar-refractivity contribution < 1.29 is 14.7 Å². The number of carboxylic acid groups (broad SMARTS) is 1. The molecule has 4 heteroatoms. The number of amides is 1. The van der Waals surface area contributed by atoms with Gasteiger partial charge < -0.3 is 10.4 Å². The highest BCUT2D eigenvalue weighted by Crippen LogP contribution is 2.31. The lowest BCUT2D eigenvalue weighted by molar-refractivity contribution is -0.144. The molecule has 2 saturated carbocycles. The molecule has 0 aliphatic heterocycles. The molecule has 2 aliphatic rings. The van der Waals surface area contributed by atoms with Gasteiger partial charge in [0.05, 0.1) is 5.92 Å².